The Bertz CT molecular complexity index is 525. The van der Waals surface area contributed by atoms with Crippen molar-refractivity contribution in [3.05, 3.63) is 34.1 Å². The van der Waals surface area contributed by atoms with Gasteiger partial charge in [-0.1, -0.05) is 0 Å². The first-order valence-electron chi connectivity index (χ1n) is 6.55. The van der Waals surface area contributed by atoms with E-state index in [0.717, 1.165) is 6.07 Å². The van der Waals surface area contributed by atoms with Crippen LogP contribution in [0.25, 0.3) is 0 Å². The van der Waals surface area contributed by atoms with Crippen LogP contribution in [0.15, 0.2) is 22.7 Å². The molecule has 0 radical (unpaired) electrons. The van der Waals surface area contributed by atoms with Gasteiger partial charge < -0.3 is 16.0 Å². The van der Waals surface area contributed by atoms with Crippen molar-refractivity contribution in [2.45, 2.75) is 19.4 Å². The van der Waals surface area contributed by atoms with E-state index in [1.807, 2.05) is 6.92 Å². The van der Waals surface area contributed by atoms with Crippen molar-refractivity contribution in [3.8, 4) is 0 Å². The van der Waals surface area contributed by atoms with E-state index in [9.17, 15) is 14.0 Å². The van der Waals surface area contributed by atoms with E-state index in [2.05, 4.69) is 21.2 Å². The molecule has 0 bridgehead atoms. The first-order valence-corrected chi connectivity index (χ1v) is 7.35. The number of rotatable bonds is 6. The molecule has 1 unspecified atom stereocenters. The molecule has 0 aromatic heterocycles. The largest absolute Gasteiger partial charge is 0.351 e. The van der Waals surface area contributed by atoms with Gasteiger partial charge in [0.25, 0.3) is 5.91 Å². The lowest BCUT2D eigenvalue weighted by molar-refractivity contribution is -0.131. The minimum atomic E-state index is -0.490. The Kier molecular flexibility index (Phi) is 6.77. The number of carbonyl (C=O) groups excluding carboxylic acids is 2. The van der Waals surface area contributed by atoms with Gasteiger partial charge in [0.1, 0.15) is 5.82 Å². The molecule has 0 spiro atoms. The van der Waals surface area contributed by atoms with E-state index in [4.69, 9.17) is 5.73 Å². The smallest absolute Gasteiger partial charge is 0.252 e. The van der Waals surface area contributed by atoms with Crippen LogP contribution in [-0.2, 0) is 4.79 Å². The normalized spacial score (nSPS) is 11.9. The monoisotopic (exact) mass is 359 g/mol. The predicted octanol–water partition coefficient (Wildman–Crippen LogP) is 1.51. The molecule has 2 amide bonds. The third-order valence-electron chi connectivity index (χ3n) is 3.19. The highest BCUT2D eigenvalue weighted by atomic mass is 79.9. The maximum Gasteiger partial charge on any atom is 0.252 e. The van der Waals surface area contributed by atoms with Crippen LogP contribution in [0.5, 0.6) is 0 Å². The van der Waals surface area contributed by atoms with Crippen LogP contribution in [0.1, 0.15) is 23.7 Å². The van der Waals surface area contributed by atoms with E-state index >= 15 is 0 Å². The number of benzene rings is 1. The molecule has 0 saturated carbocycles. The van der Waals surface area contributed by atoms with Gasteiger partial charge in [-0.05, 0) is 41.1 Å². The van der Waals surface area contributed by atoms with Crippen LogP contribution in [-0.4, -0.2) is 42.9 Å². The molecule has 1 rings (SSSR count). The zero-order valence-corrected chi connectivity index (χ0v) is 13.6. The molecular formula is C14H19BrFN3O2. The second-order valence-corrected chi connectivity index (χ2v) is 5.57. The summed E-state index contributed by atoms with van der Waals surface area (Å²) in [6.45, 7) is 2.41. The van der Waals surface area contributed by atoms with Crippen LogP contribution in [0.4, 0.5) is 4.39 Å². The van der Waals surface area contributed by atoms with Crippen LogP contribution in [0.3, 0.4) is 0 Å². The minimum absolute atomic E-state index is 0.0504. The summed E-state index contributed by atoms with van der Waals surface area (Å²) in [5.41, 5.74) is 5.69. The van der Waals surface area contributed by atoms with E-state index in [1.54, 1.807) is 11.9 Å². The topological polar surface area (TPSA) is 75.4 Å². The van der Waals surface area contributed by atoms with Gasteiger partial charge in [-0.3, -0.25) is 9.59 Å². The van der Waals surface area contributed by atoms with Crippen LogP contribution in [0, 0.1) is 5.82 Å². The molecule has 3 N–H and O–H groups in total. The lowest BCUT2D eigenvalue weighted by Crippen LogP contribution is -2.41. The quantitative estimate of drug-likeness (QED) is 0.808. The second-order valence-electron chi connectivity index (χ2n) is 4.72. The predicted molar refractivity (Wildman–Crippen MR) is 82.3 cm³/mol. The fourth-order valence-electron chi connectivity index (χ4n) is 1.63. The number of carbonyl (C=O) groups is 2. The molecule has 116 valence electrons. The number of likely N-dealkylation sites (N-methyl/N-ethyl adjacent to an activating group) is 1. The third-order valence-corrected chi connectivity index (χ3v) is 3.88. The number of halogens is 2. The van der Waals surface area contributed by atoms with Gasteiger partial charge >= 0.3 is 0 Å². The number of nitrogens with one attached hydrogen (secondary N) is 1. The van der Waals surface area contributed by atoms with Crippen molar-refractivity contribution in [2.24, 2.45) is 5.73 Å². The number of hydrogen-bond acceptors (Lipinski definition) is 3. The van der Waals surface area contributed by atoms with Crippen molar-refractivity contribution >= 4 is 27.7 Å². The summed E-state index contributed by atoms with van der Waals surface area (Å²) in [7, 11) is 1.67. The SMILES string of the molecule is CC(CN)N(C)C(=O)CCNC(=O)c1cc(F)ccc1Br. The maximum absolute atomic E-state index is 13.1. The highest BCUT2D eigenvalue weighted by molar-refractivity contribution is 9.10. The highest BCUT2D eigenvalue weighted by Crippen LogP contribution is 2.17. The summed E-state index contributed by atoms with van der Waals surface area (Å²) < 4.78 is 13.6. The first-order chi connectivity index (χ1) is 9.86. The minimum Gasteiger partial charge on any atom is -0.351 e. The van der Waals surface area contributed by atoms with E-state index in [0.29, 0.717) is 11.0 Å². The number of amides is 2. The van der Waals surface area contributed by atoms with E-state index in [1.165, 1.54) is 12.1 Å². The summed E-state index contributed by atoms with van der Waals surface area (Å²) in [4.78, 5) is 25.3. The lowest BCUT2D eigenvalue weighted by atomic mass is 10.2. The fraction of sp³-hybridized carbons (Fsp3) is 0.429. The van der Waals surface area contributed by atoms with Crippen molar-refractivity contribution in [2.75, 3.05) is 20.1 Å². The summed E-state index contributed by atoms with van der Waals surface area (Å²) in [5.74, 6) is -1.02. The van der Waals surface area contributed by atoms with E-state index < -0.39 is 11.7 Å². The van der Waals surface area contributed by atoms with Crippen molar-refractivity contribution in [3.63, 3.8) is 0 Å². The molecule has 21 heavy (non-hydrogen) atoms. The molecule has 0 aliphatic rings. The molecule has 0 heterocycles. The van der Waals surface area contributed by atoms with Gasteiger partial charge in [0.15, 0.2) is 0 Å². The average Bonchev–Trinajstić information content (AvgIpc) is 2.47. The molecule has 1 atom stereocenters. The summed E-state index contributed by atoms with van der Waals surface area (Å²) in [5, 5.41) is 2.60. The van der Waals surface area contributed by atoms with E-state index in [-0.39, 0.29) is 30.5 Å². The summed E-state index contributed by atoms with van der Waals surface area (Å²) in [6, 6.07) is 3.81. The van der Waals surface area contributed by atoms with Crippen molar-refractivity contribution in [1.82, 2.24) is 10.2 Å². The van der Waals surface area contributed by atoms with Gasteiger partial charge in [-0.2, -0.15) is 0 Å². The standard InChI is InChI=1S/C14H19BrFN3O2/c1-9(8-17)19(2)13(20)5-6-18-14(21)11-7-10(16)3-4-12(11)15/h3-4,7,9H,5-6,8,17H2,1-2H3,(H,18,21). The average molecular weight is 360 g/mol. The second kappa shape index (κ2) is 8.09. The molecule has 0 saturated heterocycles. The van der Waals surface area contributed by atoms with Gasteiger partial charge in [0, 0.05) is 37.1 Å². The van der Waals surface area contributed by atoms with Gasteiger partial charge in [-0.25, -0.2) is 4.39 Å². The molecular weight excluding hydrogens is 341 g/mol. The molecule has 7 heteroatoms. The van der Waals surface area contributed by atoms with Crippen LogP contribution >= 0.6 is 15.9 Å². The number of nitrogens with two attached hydrogens (primary N) is 1. The zero-order valence-electron chi connectivity index (χ0n) is 12.0. The molecule has 1 aromatic rings. The van der Waals surface area contributed by atoms with Gasteiger partial charge in [0.05, 0.1) is 5.56 Å². The van der Waals surface area contributed by atoms with Gasteiger partial charge in [-0.15, -0.1) is 0 Å². The molecule has 0 aliphatic heterocycles. The summed E-state index contributed by atoms with van der Waals surface area (Å²) in [6.07, 6.45) is 0.166. The number of nitrogens with zero attached hydrogens (tertiary/aromatic N) is 1. The molecule has 0 aliphatic carbocycles. The summed E-state index contributed by atoms with van der Waals surface area (Å²) >= 11 is 3.19. The van der Waals surface area contributed by atoms with Gasteiger partial charge in [0.2, 0.25) is 5.91 Å². The zero-order chi connectivity index (χ0) is 16.0. The first kappa shape index (κ1) is 17.6. The highest BCUT2D eigenvalue weighted by Gasteiger charge is 2.15. The molecule has 5 nitrogen and oxygen atoms in total. The Hall–Kier alpha value is -1.47. The van der Waals surface area contributed by atoms with Crippen molar-refractivity contribution in [1.29, 1.82) is 0 Å². The maximum atomic E-state index is 13.1. The van der Waals surface area contributed by atoms with Crippen molar-refractivity contribution < 1.29 is 14.0 Å². The molecule has 1 aromatic carbocycles. The molecule has 0 fully saturated rings. The Morgan fingerprint density at radius 2 is 2.14 bits per heavy atom. The Balaban J connectivity index is 2.51. The lowest BCUT2D eigenvalue weighted by Gasteiger charge is -2.23. The Morgan fingerprint density at radius 1 is 1.48 bits per heavy atom. The Morgan fingerprint density at radius 3 is 2.76 bits per heavy atom. The van der Waals surface area contributed by atoms with Crippen LogP contribution < -0.4 is 11.1 Å². The Labute approximate surface area is 131 Å². The fourth-order valence-corrected chi connectivity index (χ4v) is 2.06. The van der Waals surface area contributed by atoms with Crippen LogP contribution in [0.2, 0.25) is 0 Å². The number of hydrogen-bond donors (Lipinski definition) is 2. The third kappa shape index (κ3) is 5.09.